The summed E-state index contributed by atoms with van der Waals surface area (Å²) in [6.45, 7) is 17.7. The van der Waals surface area contributed by atoms with E-state index in [-0.39, 0.29) is 0 Å². The molecule has 0 aromatic carbocycles. The first-order chi connectivity index (χ1) is 7.29. The zero-order valence-corrected chi connectivity index (χ0v) is 11.8. The molecule has 1 aliphatic heterocycles. The lowest BCUT2D eigenvalue weighted by molar-refractivity contribution is 0.427. The molecule has 0 atom stereocenters. The average Bonchev–Trinajstić information content (AvgIpc) is 2.18. The van der Waals surface area contributed by atoms with Gasteiger partial charge >= 0.3 is 0 Å². The Hall–Kier alpha value is -0.980. The van der Waals surface area contributed by atoms with Gasteiger partial charge in [0, 0.05) is 18.4 Å². The highest BCUT2D eigenvalue weighted by molar-refractivity contribution is 5.52. The molecule has 0 fully saturated rings. The van der Waals surface area contributed by atoms with E-state index >= 15 is 0 Å². The molecule has 0 aliphatic carbocycles. The van der Waals surface area contributed by atoms with Crippen LogP contribution in [0.4, 0.5) is 0 Å². The van der Waals surface area contributed by atoms with Crippen molar-refractivity contribution in [3.8, 4) is 0 Å². The second kappa shape index (κ2) is 4.48. The summed E-state index contributed by atoms with van der Waals surface area (Å²) in [7, 11) is 2.17. The van der Waals surface area contributed by atoms with Crippen LogP contribution in [0.25, 0.3) is 0 Å². The van der Waals surface area contributed by atoms with Crippen molar-refractivity contribution in [1.82, 2.24) is 4.90 Å². The normalized spacial score (nSPS) is 18.3. The van der Waals surface area contributed by atoms with Crippen molar-refractivity contribution in [3.63, 3.8) is 0 Å². The van der Waals surface area contributed by atoms with Gasteiger partial charge in [-0.25, -0.2) is 0 Å². The number of rotatable bonds is 2. The third-order valence-electron chi connectivity index (χ3n) is 3.59. The van der Waals surface area contributed by atoms with Gasteiger partial charge in [-0.05, 0) is 42.4 Å². The number of hydrogen-bond acceptors (Lipinski definition) is 1. The summed E-state index contributed by atoms with van der Waals surface area (Å²) in [5, 5.41) is 0. The minimum atomic E-state index is 0.537. The van der Waals surface area contributed by atoms with Crippen molar-refractivity contribution in [2.24, 2.45) is 11.8 Å². The molecule has 1 heterocycles. The Morgan fingerprint density at radius 3 is 1.88 bits per heavy atom. The van der Waals surface area contributed by atoms with Gasteiger partial charge < -0.3 is 4.90 Å². The highest BCUT2D eigenvalue weighted by Crippen LogP contribution is 2.39. The first-order valence-electron chi connectivity index (χ1n) is 6.13. The zero-order valence-electron chi connectivity index (χ0n) is 11.8. The molecular formula is C15H25N. The van der Waals surface area contributed by atoms with Crippen molar-refractivity contribution < 1.29 is 0 Å². The molecule has 1 aliphatic rings. The lowest BCUT2D eigenvalue weighted by Crippen LogP contribution is -2.28. The summed E-state index contributed by atoms with van der Waals surface area (Å²) in [6.07, 6.45) is 0. The molecule has 1 nitrogen and oxygen atoms in total. The van der Waals surface area contributed by atoms with Gasteiger partial charge in [-0.15, -0.1) is 0 Å². The molecule has 0 saturated heterocycles. The van der Waals surface area contributed by atoms with Gasteiger partial charge in [-0.2, -0.15) is 0 Å². The fourth-order valence-electron chi connectivity index (χ4n) is 2.53. The summed E-state index contributed by atoms with van der Waals surface area (Å²) in [5.41, 5.74) is 6.76. The molecule has 1 heteroatoms. The van der Waals surface area contributed by atoms with Gasteiger partial charge in [0.2, 0.25) is 0 Å². The maximum Gasteiger partial charge on any atom is 0.0239 e. The van der Waals surface area contributed by atoms with Crippen LogP contribution in [0.3, 0.4) is 0 Å². The van der Waals surface area contributed by atoms with E-state index in [1.807, 2.05) is 0 Å². The lowest BCUT2D eigenvalue weighted by atomic mass is 9.83. The van der Waals surface area contributed by atoms with Crippen LogP contribution in [0, 0.1) is 11.8 Å². The van der Waals surface area contributed by atoms with Crippen LogP contribution in [-0.4, -0.2) is 11.9 Å². The third kappa shape index (κ3) is 1.95. The van der Waals surface area contributed by atoms with Crippen LogP contribution in [0.1, 0.15) is 41.5 Å². The second-order valence-electron chi connectivity index (χ2n) is 5.36. The predicted octanol–water partition coefficient (Wildman–Crippen LogP) is 4.35. The smallest absolute Gasteiger partial charge is 0.0239 e. The SMILES string of the molecule is C=C1C(C)=C(C)N(C)C(C(C)C)=C1C(C)C. The summed E-state index contributed by atoms with van der Waals surface area (Å²) in [4.78, 5) is 2.34. The molecule has 16 heavy (non-hydrogen) atoms. The summed E-state index contributed by atoms with van der Waals surface area (Å²) >= 11 is 0. The Labute approximate surface area is 101 Å². The van der Waals surface area contributed by atoms with Crippen LogP contribution in [0.15, 0.2) is 34.7 Å². The van der Waals surface area contributed by atoms with Crippen molar-refractivity contribution in [2.75, 3.05) is 7.05 Å². The topological polar surface area (TPSA) is 3.24 Å². The Kier molecular flexibility index (Phi) is 3.67. The van der Waals surface area contributed by atoms with E-state index in [1.54, 1.807) is 0 Å². The van der Waals surface area contributed by atoms with E-state index in [0.717, 1.165) is 0 Å². The largest absolute Gasteiger partial charge is 0.351 e. The molecule has 0 amide bonds. The molecule has 0 saturated carbocycles. The quantitative estimate of drug-likeness (QED) is 0.667. The van der Waals surface area contributed by atoms with Crippen molar-refractivity contribution in [3.05, 3.63) is 34.7 Å². The van der Waals surface area contributed by atoms with Crippen LogP contribution < -0.4 is 0 Å². The average molecular weight is 219 g/mol. The minimum Gasteiger partial charge on any atom is -0.351 e. The first kappa shape index (κ1) is 13.1. The molecule has 1 rings (SSSR count). The molecule has 0 N–H and O–H groups in total. The molecule has 0 radical (unpaired) electrons. The van der Waals surface area contributed by atoms with E-state index in [1.165, 1.54) is 28.1 Å². The monoisotopic (exact) mass is 219 g/mol. The van der Waals surface area contributed by atoms with Gasteiger partial charge in [-0.1, -0.05) is 34.3 Å². The van der Waals surface area contributed by atoms with Gasteiger partial charge in [0.15, 0.2) is 0 Å². The van der Waals surface area contributed by atoms with Gasteiger partial charge in [-0.3, -0.25) is 0 Å². The molecule has 0 aromatic rings. The maximum absolute atomic E-state index is 4.27. The van der Waals surface area contributed by atoms with Crippen LogP contribution in [-0.2, 0) is 0 Å². The zero-order chi connectivity index (χ0) is 12.6. The Bertz CT molecular complexity index is 367. The molecule has 0 aromatic heterocycles. The maximum atomic E-state index is 4.27. The molecule has 0 spiro atoms. The van der Waals surface area contributed by atoms with Crippen LogP contribution >= 0.6 is 0 Å². The third-order valence-corrected chi connectivity index (χ3v) is 3.59. The standard InChI is InChI=1S/C15H25N/c1-9(2)14-12(6)11(5)13(7)16(8)15(14)10(3)4/h9-10H,6H2,1-5,7-8H3. The Morgan fingerprint density at radius 2 is 1.50 bits per heavy atom. The van der Waals surface area contributed by atoms with Crippen LogP contribution in [0.2, 0.25) is 0 Å². The van der Waals surface area contributed by atoms with E-state index < -0.39 is 0 Å². The summed E-state index contributed by atoms with van der Waals surface area (Å²) < 4.78 is 0. The highest BCUT2D eigenvalue weighted by atomic mass is 15.1. The number of allylic oxidation sites excluding steroid dienone is 5. The van der Waals surface area contributed by atoms with E-state index in [2.05, 4.69) is 60.1 Å². The molecule has 90 valence electrons. The first-order valence-corrected chi connectivity index (χ1v) is 6.13. The molecule has 0 bridgehead atoms. The minimum absolute atomic E-state index is 0.537. The number of nitrogens with zero attached hydrogens (tertiary/aromatic N) is 1. The molecular weight excluding hydrogens is 194 g/mol. The van der Waals surface area contributed by atoms with E-state index in [0.29, 0.717) is 11.8 Å². The van der Waals surface area contributed by atoms with Crippen molar-refractivity contribution >= 4 is 0 Å². The second-order valence-corrected chi connectivity index (χ2v) is 5.36. The van der Waals surface area contributed by atoms with Crippen LogP contribution in [0.5, 0.6) is 0 Å². The fourth-order valence-corrected chi connectivity index (χ4v) is 2.53. The van der Waals surface area contributed by atoms with Crippen molar-refractivity contribution in [1.29, 1.82) is 0 Å². The highest BCUT2D eigenvalue weighted by Gasteiger charge is 2.26. The van der Waals surface area contributed by atoms with Gasteiger partial charge in [0.1, 0.15) is 0 Å². The van der Waals surface area contributed by atoms with Crippen molar-refractivity contribution in [2.45, 2.75) is 41.5 Å². The predicted molar refractivity (Wildman–Crippen MR) is 72.0 cm³/mol. The summed E-state index contributed by atoms with van der Waals surface area (Å²) in [6, 6.07) is 0. The lowest BCUT2D eigenvalue weighted by Gasteiger charge is -2.37. The van der Waals surface area contributed by atoms with Gasteiger partial charge in [0.25, 0.3) is 0 Å². The fraction of sp³-hybridized carbons (Fsp3) is 0.600. The van der Waals surface area contributed by atoms with Gasteiger partial charge in [0.05, 0.1) is 0 Å². The number of hydrogen-bond donors (Lipinski definition) is 0. The Morgan fingerprint density at radius 1 is 1.00 bits per heavy atom. The summed E-state index contributed by atoms with van der Waals surface area (Å²) in [5.74, 6) is 1.08. The van der Waals surface area contributed by atoms with E-state index in [9.17, 15) is 0 Å². The molecule has 0 unspecified atom stereocenters. The van der Waals surface area contributed by atoms with E-state index in [4.69, 9.17) is 0 Å². The Balaban J connectivity index is 3.39.